The van der Waals surface area contributed by atoms with Crippen molar-refractivity contribution < 1.29 is 5.11 Å². The van der Waals surface area contributed by atoms with E-state index in [1.165, 1.54) is 31.9 Å². The number of hydrogen-bond donors (Lipinski definition) is 2. The lowest BCUT2D eigenvalue weighted by Crippen LogP contribution is -2.06. The van der Waals surface area contributed by atoms with Gasteiger partial charge in [-0.15, -0.1) is 0 Å². The minimum Gasteiger partial charge on any atom is -0.504 e. The van der Waals surface area contributed by atoms with Crippen molar-refractivity contribution in [3.8, 4) is 5.75 Å². The van der Waals surface area contributed by atoms with Crippen LogP contribution in [0.15, 0.2) is 6.20 Å². The third-order valence-electron chi connectivity index (χ3n) is 3.20. The van der Waals surface area contributed by atoms with E-state index in [0.717, 1.165) is 24.4 Å². The number of nitrogens with zero attached hydrogens (tertiary/aromatic N) is 2. The Balaban J connectivity index is 2.13. The molecule has 1 aromatic heterocycles. The van der Waals surface area contributed by atoms with Gasteiger partial charge in [0.2, 0.25) is 0 Å². The van der Waals surface area contributed by atoms with Crippen molar-refractivity contribution in [2.24, 2.45) is 5.73 Å². The topological polar surface area (TPSA) is 72.0 Å². The maximum absolute atomic E-state index is 9.64. The van der Waals surface area contributed by atoms with Gasteiger partial charge in [-0.1, -0.05) is 12.8 Å². The SMILES string of the molecule is NCCCc1nc(C2CCCC2)ncc1O. The Morgan fingerprint density at radius 1 is 1.38 bits per heavy atom. The lowest BCUT2D eigenvalue weighted by molar-refractivity contribution is 0.456. The Kier molecular flexibility index (Phi) is 3.72. The highest BCUT2D eigenvalue weighted by atomic mass is 16.3. The van der Waals surface area contributed by atoms with Gasteiger partial charge in [-0.3, -0.25) is 0 Å². The van der Waals surface area contributed by atoms with E-state index in [1.807, 2.05) is 0 Å². The highest BCUT2D eigenvalue weighted by Gasteiger charge is 2.20. The zero-order valence-corrected chi connectivity index (χ0v) is 9.52. The van der Waals surface area contributed by atoms with Crippen molar-refractivity contribution in [3.05, 3.63) is 17.7 Å². The van der Waals surface area contributed by atoms with Crippen molar-refractivity contribution >= 4 is 0 Å². The van der Waals surface area contributed by atoms with Crippen LogP contribution < -0.4 is 5.73 Å². The molecule has 2 rings (SSSR count). The van der Waals surface area contributed by atoms with E-state index in [1.54, 1.807) is 0 Å². The summed E-state index contributed by atoms with van der Waals surface area (Å²) in [6.07, 6.45) is 8.04. The Morgan fingerprint density at radius 3 is 2.81 bits per heavy atom. The number of nitrogens with two attached hydrogens (primary N) is 1. The minimum absolute atomic E-state index is 0.204. The summed E-state index contributed by atoms with van der Waals surface area (Å²) in [5.41, 5.74) is 6.21. The second-order valence-corrected chi connectivity index (χ2v) is 4.43. The average Bonchev–Trinajstić information content (AvgIpc) is 2.81. The highest BCUT2D eigenvalue weighted by Crippen LogP contribution is 2.32. The Bertz CT molecular complexity index is 348. The lowest BCUT2D eigenvalue weighted by atomic mass is 10.1. The second-order valence-electron chi connectivity index (χ2n) is 4.43. The summed E-state index contributed by atoms with van der Waals surface area (Å²) >= 11 is 0. The summed E-state index contributed by atoms with van der Waals surface area (Å²) in [4.78, 5) is 8.71. The predicted octanol–water partition coefficient (Wildman–Crippen LogP) is 1.73. The van der Waals surface area contributed by atoms with Crippen molar-refractivity contribution in [1.82, 2.24) is 9.97 Å². The summed E-state index contributed by atoms with van der Waals surface area (Å²) in [6, 6.07) is 0. The van der Waals surface area contributed by atoms with Crippen molar-refractivity contribution in [2.75, 3.05) is 6.54 Å². The van der Waals surface area contributed by atoms with Crippen LogP contribution in [0.4, 0.5) is 0 Å². The molecule has 0 amide bonds. The van der Waals surface area contributed by atoms with Crippen LogP contribution in [-0.4, -0.2) is 21.6 Å². The zero-order valence-electron chi connectivity index (χ0n) is 9.52. The van der Waals surface area contributed by atoms with E-state index in [-0.39, 0.29) is 5.75 Å². The van der Waals surface area contributed by atoms with E-state index in [4.69, 9.17) is 5.73 Å². The van der Waals surface area contributed by atoms with Crippen LogP contribution in [0.25, 0.3) is 0 Å². The maximum atomic E-state index is 9.64. The maximum Gasteiger partial charge on any atom is 0.155 e. The van der Waals surface area contributed by atoms with E-state index in [2.05, 4.69) is 9.97 Å². The van der Waals surface area contributed by atoms with Gasteiger partial charge in [0.15, 0.2) is 5.75 Å². The molecule has 4 heteroatoms. The largest absolute Gasteiger partial charge is 0.504 e. The smallest absolute Gasteiger partial charge is 0.155 e. The molecular formula is C12H19N3O. The molecule has 0 radical (unpaired) electrons. The van der Waals surface area contributed by atoms with Gasteiger partial charge in [-0.2, -0.15) is 0 Å². The first-order valence-electron chi connectivity index (χ1n) is 6.06. The number of aromatic nitrogens is 2. The molecule has 0 bridgehead atoms. The molecule has 0 atom stereocenters. The number of rotatable bonds is 4. The van der Waals surface area contributed by atoms with Crippen LogP contribution in [0.5, 0.6) is 5.75 Å². The van der Waals surface area contributed by atoms with Gasteiger partial charge in [0.1, 0.15) is 5.82 Å². The van der Waals surface area contributed by atoms with Crippen LogP contribution in [0.3, 0.4) is 0 Å². The number of aryl methyl sites for hydroxylation is 1. The van der Waals surface area contributed by atoms with Crippen molar-refractivity contribution in [2.45, 2.75) is 44.4 Å². The van der Waals surface area contributed by atoms with E-state index in [0.29, 0.717) is 12.5 Å². The first-order valence-corrected chi connectivity index (χ1v) is 6.06. The van der Waals surface area contributed by atoms with Gasteiger partial charge < -0.3 is 10.8 Å². The highest BCUT2D eigenvalue weighted by molar-refractivity contribution is 5.24. The Labute approximate surface area is 95.9 Å². The average molecular weight is 221 g/mol. The van der Waals surface area contributed by atoms with Crippen LogP contribution in [0.1, 0.15) is 49.5 Å². The zero-order chi connectivity index (χ0) is 11.4. The molecule has 0 saturated heterocycles. The fourth-order valence-corrected chi connectivity index (χ4v) is 2.26. The summed E-state index contributed by atoms with van der Waals surface area (Å²) in [6.45, 7) is 0.627. The van der Waals surface area contributed by atoms with Gasteiger partial charge in [-0.05, 0) is 32.2 Å². The molecule has 0 aromatic carbocycles. The van der Waals surface area contributed by atoms with E-state index < -0.39 is 0 Å². The number of aromatic hydroxyl groups is 1. The fraction of sp³-hybridized carbons (Fsp3) is 0.667. The monoisotopic (exact) mass is 221 g/mol. The first kappa shape index (κ1) is 11.3. The Hall–Kier alpha value is -1.16. The van der Waals surface area contributed by atoms with Gasteiger partial charge in [0.25, 0.3) is 0 Å². The van der Waals surface area contributed by atoms with Crippen LogP contribution in [-0.2, 0) is 6.42 Å². The van der Waals surface area contributed by atoms with Crippen molar-refractivity contribution in [1.29, 1.82) is 0 Å². The summed E-state index contributed by atoms with van der Waals surface area (Å²) in [7, 11) is 0. The normalized spacial score (nSPS) is 16.8. The van der Waals surface area contributed by atoms with Crippen molar-refractivity contribution in [3.63, 3.8) is 0 Å². The predicted molar refractivity (Wildman–Crippen MR) is 62.3 cm³/mol. The lowest BCUT2D eigenvalue weighted by Gasteiger charge is -2.10. The molecule has 3 N–H and O–H groups in total. The molecule has 88 valence electrons. The molecule has 1 heterocycles. The molecule has 1 aliphatic carbocycles. The minimum atomic E-state index is 0.204. The summed E-state index contributed by atoms with van der Waals surface area (Å²) in [5, 5.41) is 9.64. The quantitative estimate of drug-likeness (QED) is 0.812. The summed E-state index contributed by atoms with van der Waals surface area (Å²) in [5.74, 6) is 1.61. The van der Waals surface area contributed by atoms with Gasteiger partial charge in [0, 0.05) is 5.92 Å². The molecule has 1 aliphatic rings. The van der Waals surface area contributed by atoms with Crippen LogP contribution in [0.2, 0.25) is 0 Å². The standard InChI is InChI=1S/C12H19N3O/c13-7-3-6-10-11(16)8-14-12(15-10)9-4-1-2-5-9/h8-9,16H,1-7,13H2. The second kappa shape index (κ2) is 5.25. The summed E-state index contributed by atoms with van der Waals surface area (Å²) < 4.78 is 0. The van der Waals surface area contributed by atoms with Crippen LogP contribution in [0, 0.1) is 0 Å². The molecule has 1 fully saturated rings. The molecule has 16 heavy (non-hydrogen) atoms. The van der Waals surface area contributed by atoms with Gasteiger partial charge >= 0.3 is 0 Å². The number of hydrogen-bond acceptors (Lipinski definition) is 4. The molecule has 0 spiro atoms. The van der Waals surface area contributed by atoms with Gasteiger partial charge in [0.05, 0.1) is 11.9 Å². The molecule has 4 nitrogen and oxygen atoms in total. The fourth-order valence-electron chi connectivity index (χ4n) is 2.26. The molecule has 1 saturated carbocycles. The third-order valence-corrected chi connectivity index (χ3v) is 3.20. The molecular weight excluding hydrogens is 202 g/mol. The van der Waals surface area contributed by atoms with Gasteiger partial charge in [-0.25, -0.2) is 9.97 Å². The molecule has 1 aromatic rings. The van der Waals surface area contributed by atoms with E-state index in [9.17, 15) is 5.11 Å². The third kappa shape index (κ3) is 2.50. The first-order chi connectivity index (χ1) is 7.81. The van der Waals surface area contributed by atoms with Crippen LogP contribution >= 0.6 is 0 Å². The molecule has 0 aliphatic heterocycles. The Morgan fingerprint density at radius 2 is 2.12 bits per heavy atom. The molecule has 0 unspecified atom stereocenters. The van der Waals surface area contributed by atoms with E-state index >= 15 is 0 Å².